The zero-order chi connectivity index (χ0) is 34.8. The summed E-state index contributed by atoms with van der Waals surface area (Å²) in [6.07, 6.45) is 3.19. The third-order valence-corrected chi connectivity index (χ3v) is 7.56. The van der Waals surface area contributed by atoms with Gasteiger partial charge in [0.05, 0.1) is 25.0 Å². The lowest BCUT2D eigenvalue weighted by molar-refractivity contribution is -0.141. The number of aromatic amines is 2. The van der Waals surface area contributed by atoms with E-state index in [0.717, 1.165) is 10.9 Å². The fourth-order valence-corrected chi connectivity index (χ4v) is 4.98. The lowest BCUT2D eigenvalue weighted by Crippen LogP contribution is -2.59. The molecule has 0 bridgehead atoms. The van der Waals surface area contributed by atoms with Crippen molar-refractivity contribution in [3.8, 4) is 5.75 Å². The molecule has 0 radical (unpaired) electrons. The van der Waals surface area contributed by atoms with Crippen molar-refractivity contribution >= 4 is 40.5 Å². The maximum atomic E-state index is 13.4. The van der Waals surface area contributed by atoms with Gasteiger partial charge in [-0.05, 0) is 36.2 Å². The Morgan fingerprint density at radius 3 is 2.27 bits per heavy atom. The van der Waals surface area contributed by atoms with E-state index in [0.29, 0.717) is 16.8 Å². The number of aliphatic carboxylic acids is 1. The van der Waals surface area contributed by atoms with Crippen LogP contribution in [-0.4, -0.2) is 96.7 Å². The Hall–Kier alpha value is -5.74. The van der Waals surface area contributed by atoms with Gasteiger partial charge in [-0.1, -0.05) is 30.3 Å². The third kappa shape index (κ3) is 9.63. The van der Waals surface area contributed by atoms with Crippen molar-refractivity contribution in [1.82, 2.24) is 36.2 Å². The number of phenolic OH excluding ortho intramolecular Hbond substituents is 1. The van der Waals surface area contributed by atoms with Crippen LogP contribution in [0.2, 0.25) is 0 Å². The number of hydrogen-bond donors (Lipinski definition) is 10. The molecule has 0 aliphatic heterocycles. The van der Waals surface area contributed by atoms with Gasteiger partial charge in [-0.3, -0.25) is 19.2 Å². The Bertz CT molecular complexity index is 1720. The summed E-state index contributed by atoms with van der Waals surface area (Å²) in [5.41, 5.74) is 8.69. The highest BCUT2D eigenvalue weighted by molar-refractivity contribution is 5.95. The normalized spacial score (nSPS) is 14.2. The van der Waals surface area contributed by atoms with Crippen molar-refractivity contribution in [2.75, 3.05) is 6.54 Å². The zero-order valence-corrected chi connectivity index (χ0v) is 26.0. The predicted molar refractivity (Wildman–Crippen MR) is 172 cm³/mol. The lowest BCUT2D eigenvalue weighted by Gasteiger charge is -2.25. The number of carboxylic acids is 1. The standard InChI is InChI=1S/C32H38N8O8/c1-17(41)28(31(46)36-15-27(43)38-26(32(47)48)11-19-13-35-24-5-3-2-4-22(19)24)40-30(45)25(10-18-6-8-21(42)9-7-18)39-29(44)23(33)12-20-14-34-16-37-20/h2-9,13-14,16-17,23,25-26,28,35,41-42H,10-12,15,33H2,1H3,(H,34,37)(H,36,46)(H,38,43)(H,39,44)(H,40,45)(H,47,48)/t17-,23+,25+,26+,28+/m1/s1. The number of rotatable bonds is 16. The molecule has 4 amide bonds. The maximum absolute atomic E-state index is 13.4. The Kier molecular flexibility index (Phi) is 11.8. The molecule has 16 nitrogen and oxygen atoms in total. The Morgan fingerprint density at radius 2 is 1.60 bits per heavy atom. The van der Waals surface area contributed by atoms with Gasteiger partial charge in [0.25, 0.3) is 0 Å². The van der Waals surface area contributed by atoms with E-state index in [2.05, 4.69) is 36.2 Å². The average molecular weight is 663 g/mol. The van der Waals surface area contributed by atoms with Crippen molar-refractivity contribution in [3.05, 3.63) is 84.1 Å². The number of aliphatic hydroxyl groups excluding tert-OH is 1. The second kappa shape index (κ2) is 16.2. The zero-order valence-electron chi connectivity index (χ0n) is 26.0. The highest BCUT2D eigenvalue weighted by atomic mass is 16.4. The molecule has 0 aliphatic carbocycles. The number of fused-ring (bicyclic) bond motifs is 1. The fraction of sp³-hybridized carbons (Fsp3) is 0.312. The van der Waals surface area contributed by atoms with E-state index in [1.165, 1.54) is 31.6 Å². The van der Waals surface area contributed by atoms with Crippen molar-refractivity contribution in [2.24, 2.45) is 5.73 Å². The smallest absolute Gasteiger partial charge is 0.326 e. The number of nitrogens with one attached hydrogen (secondary N) is 6. The number of aliphatic hydroxyl groups is 1. The van der Waals surface area contributed by atoms with E-state index in [-0.39, 0.29) is 25.0 Å². The summed E-state index contributed by atoms with van der Waals surface area (Å²) in [6, 6.07) is 8.04. The van der Waals surface area contributed by atoms with Crippen LogP contribution in [0.25, 0.3) is 10.9 Å². The van der Waals surface area contributed by atoms with Crippen LogP contribution in [0.3, 0.4) is 0 Å². The Balaban J connectivity index is 1.38. The molecule has 4 aromatic rings. The molecule has 0 spiro atoms. The summed E-state index contributed by atoms with van der Waals surface area (Å²) in [4.78, 5) is 73.8. The Labute approximate surface area is 274 Å². The minimum Gasteiger partial charge on any atom is -0.508 e. The number of amides is 4. The van der Waals surface area contributed by atoms with Gasteiger partial charge < -0.3 is 52.3 Å². The molecular formula is C32H38N8O8. The molecule has 16 heteroatoms. The SMILES string of the molecule is C[C@@H](O)[C@H](NC(=O)[C@H](Cc1ccc(O)cc1)NC(=O)[C@@H](N)Cc1cnc[nH]1)C(=O)NCC(=O)N[C@@H](Cc1c[nH]c2ccccc12)C(=O)O. The van der Waals surface area contributed by atoms with Crippen LogP contribution in [0.4, 0.5) is 0 Å². The second-order valence-corrected chi connectivity index (χ2v) is 11.3. The molecular weight excluding hydrogens is 624 g/mol. The van der Waals surface area contributed by atoms with E-state index in [1.54, 1.807) is 18.3 Å². The van der Waals surface area contributed by atoms with E-state index >= 15 is 0 Å². The maximum Gasteiger partial charge on any atom is 0.326 e. The first-order chi connectivity index (χ1) is 22.9. The number of nitrogens with zero attached hydrogens (tertiary/aromatic N) is 1. The summed E-state index contributed by atoms with van der Waals surface area (Å²) in [5, 5.41) is 40.2. The molecule has 0 saturated heterocycles. The van der Waals surface area contributed by atoms with Gasteiger partial charge in [-0.2, -0.15) is 0 Å². The average Bonchev–Trinajstić information content (AvgIpc) is 3.72. The summed E-state index contributed by atoms with van der Waals surface area (Å²) < 4.78 is 0. The quantitative estimate of drug-likeness (QED) is 0.0698. The first kappa shape index (κ1) is 35.1. The van der Waals surface area contributed by atoms with Crippen LogP contribution < -0.4 is 27.0 Å². The highest BCUT2D eigenvalue weighted by Gasteiger charge is 2.31. The summed E-state index contributed by atoms with van der Waals surface area (Å²) >= 11 is 0. The first-order valence-electron chi connectivity index (χ1n) is 15.1. The number of aromatic hydroxyl groups is 1. The van der Waals surface area contributed by atoms with E-state index in [4.69, 9.17) is 5.73 Å². The molecule has 0 aliphatic rings. The van der Waals surface area contributed by atoms with Gasteiger partial charge in [0.2, 0.25) is 23.6 Å². The molecule has 5 atom stereocenters. The van der Waals surface area contributed by atoms with Crippen molar-refractivity contribution in [2.45, 2.75) is 56.5 Å². The third-order valence-electron chi connectivity index (χ3n) is 7.56. The van der Waals surface area contributed by atoms with Gasteiger partial charge >= 0.3 is 5.97 Å². The number of carboxylic acid groups (broad SMARTS) is 1. The van der Waals surface area contributed by atoms with Gasteiger partial charge in [-0.25, -0.2) is 9.78 Å². The molecule has 0 unspecified atom stereocenters. The largest absolute Gasteiger partial charge is 0.508 e. The number of phenols is 1. The summed E-state index contributed by atoms with van der Waals surface area (Å²) in [5.74, 6) is -4.52. The monoisotopic (exact) mass is 662 g/mol. The van der Waals surface area contributed by atoms with Gasteiger partial charge in [0.1, 0.15) is 23.9 Å². The summed E-state index contributed by atoms with van der Waals surface area (Å²) in [6.45, 7) is 0.603. The van der Waals surface area contributed by atoms with Crippen molar-refractivity contribution < 1.29 is 39.3 Å². The highest BCUT2D eigenvalue weighted by Crippen LogP contribution is 2.19. The van der Waals surface area contributed by atoms with E-state index < -0.39 is 66.4 Å². The van der Waals surface area contributed by atoms with Crippen LogP contribution >= 0.6 is 0 Å². The molecule has 2 aromatic heterocycles. The minimum atomic E-state index is -1.55. The molecule has 11 N–H and O–H groups in total. The number of aromatic nitrogens is 3. The van der Waals surface area contributed by atoms with Crippen LogP contribution in [0.1, 0.15) is 23.7 Å². The number of carbonyl (C=O) groups excluding carboxylic acids is 4. The molecule has 0 saturated carbocycles. The number of para-hydroxylation sites is 1. The van der Waals surface area contributed by atoms with Gasteiger partial charge in [0, 0.05) is 48.3 Å². The number of H-pyrrole nitrogens is 2. The van der Waals surface area contributed by atoms with Crippen LogP contribution in [-0.2, 0) is 43.2 Å². The van der Waals surface area contributed by atoms with Gasteiger partial charge in [0.15, 0.2) is 0 Å². The lowest BCUT2D eigenvalue weighted by atomic mass is 10.0. The van der Waals surface area contributed by atoms with E-state index in [1.807, 2.05) is 24.3 Å². The molecule has 2 aromatic carbocycles. The molecule has 254 valence electrons. The second-order valence-electron chi connectivity index (χ2n) is 11.3. The molecule has 48 heavy (non-hydrogen) atoms. The molecule has 2 heterocycles. The Morgan fingerprint density at radius 1 is 0.875 bits per heavy atom. The predicted octanol–water partition coefficient (Wildman–Crippen LogP) is -1.01. The summed E-state index contributed by atoms with van der Waals surface area (Å²) in [7, 11) is 0. The number of imidazole rings is 1. The molecule has 0 fully saturated rings. The molecule has 4 rings (SSSR count). The van der Waals surface area contributed by atoms with Crippen molar-refractivity contribution in [3.63, 3.8) is 0 Å². The number of nitrogens with two attached hydrogens (primary N) is 1. The van der Waals surface area contributed by atoms with Gasteiger partial charge in [-0.15, -0.1) is 0 Å². The minimum absolute atomic E-state index is 0.00659. The van der Waals surface area contributed by atoms with Crippen LogP contribution in [0, 0.1) is 0 Å². The topological polar surface area (TPSA) is 265 Å². The first-order valence-corrected chi connectivity index (χ1v) is 15.1. The number of carbonyl (C=O) groups is 5. The van der Waals surface area contributed by atoms with Crippen LogP contribution in [0.15, 0.2) is 67.3 Å². The van der Waals surface area contributed by atoms with Crippen molar-refractivity contribution in [1.29, 1.82) is 0 Å². The van der Waals surface area contributed by atoms with Crippen LogP contribution in [0.5, 0.6) is 5.75 Å². The fourth-order valence-electron chi connectivity index (χ4n) is 4.98. The number of benzene rings is 2. The van der Waals surface area contributed by atoms with E-state index in [9.17, 15) is 39.3 Å². The number of hydrogen-bond acceptors (Lipinski definition) is 9.